The van der Waals surface area contributed by atoms with Gasteiger partial charge in [0.15, 0.2) is 11.0 Å². The Bertz CT molecular complexity index is 683. The molecule has 6 nitrogen and oxygen atoms in total. The van der Waals surface area contributed by atoms with Crippen LogP contribution in [0.5, 0.6) is 0 Å². The van der Waals surface area contributed by atoms with Crippen molar-refractivity contribution in [3.63, 3.8) is 0 Å². The summed E-state index contributed by atoms with van der Waals surface area (Å²) in [6.45, 7) is 9.02. The fourth-order valence-corrected chi connectivity index (χ4v) is 2.92. The summed E-state index contributed by atoms with van der Waals surface area (Å²) in [4.78, 5) is 18.1. The number of nitrogens with zero attached hydrogens (tertiary/aromatic N) is 5. The second kappa shape index (κ2) is 7.92. The minimum atomic E-state index is 0.0754. The van der Waals surface area contributed by atoms with Gasteiger partial charge in [0.1, 0.15) is 0 Å². The number of carbonyl (C=O) groups is 1. The van der Waals surface area contributed by atoms with Crippen molar-refractivity contribution in [1.29, 1.82) is 0 Å². The lowest BCUT2D eigenvalue weighted by molar-refractivity contribution is -0.127. The SMILES string of the molecule is C=C(C)CN(CC)C(=O)CSc1nnc(-c2cccnc2)n1C. The van der Waals surface area contributed by atoms with Crippen molar-refractivity contribution in [3.05, 3.63) is 36.7 Å². The summed E-state index contributed by atoms with van der Waals surface area (Å²) in [6, 6.07) is 3.79. The standard InChI is InChI=1S/C16H21N5OS/c1-5-21(10-12(2)3)14(22)11-23-16-19-18-15(20(16)4)13-7-6-8-17-9-13/h6-9H,2,5,10-11H2,1,3-4H3. The first kappa shape index (κ1) is 17.2. The summed E-state index contributed by atoms with van der Waals surface area (Å²) in [5.74, 6) is 1.15. The average molecular weight is 331 g/mol. The molecule has 2 rings (SSSR count). The van der Waals surface area contributed by atoms with Crippen molar-refractivity contribution < 1.29 is 4.79 Å². The lowest BCUT2D eigenvalue weighted by atomic mass is 10.3. The van der Waals surface area contributed by atoms with Crippen LogP contribution in [0.1, 0.15) is 13.8 Å². The zero-order valence-electron chi connectivity index (χ0n) is 13.7. The topological polar surface area (TPSA) is 63.9 Å². The van der Waals surface area contributed by atoms with E-state index in [1.54, 1.807) is 17.3 Å². The maximum Gasteiger partial charge on any atom is 0.233 e. The molecule has 0 aromatic carbocycles. The number of amides is 1. The van der Waals surface area contributed by atoms with Gasteiger partial charge in [0.2, 0.25) is 5.91 Å². The molecular formula is C16H21N5OS. The van der Waals surface area contributed by atoms with Gasteiger partial charge in [0, 0.05) is 38.1 Å². The minimum Gasteiger partial charge on any atom is -0.338 e. The number of rotatable bonds is 7. The first-order valence-electron chi connectivity index (χ1n) is 7.37. The van der Waals surface area contributed by atoms with E-state index in [1.807, 2.05) is 37.6 Å². The Kier molecular flexibility index (Phi) is 5.92. The molecule has 0 fully saturated rings. The molecule has 0 bridgehead atoms. The fourth-order valence-electron chi connectivity index (χ4n) is 2.11. The van der Waals surface area contributed by atoms with Gasteiger partial charge in [0.25, 0.3) is 0 Å². The minimum absolute atomic E-state index is 0.0754. The summed E-state index contributed by atoms with van der Waals surface area (Å²) in [6.07, 6.45) is 3.46. The molecule has 2 aromatic heterocycles. The van der Waals surface area contributed by atoms with E-state index in [0.717, 1.165) is 17.0 Å². The van der Waals surface area contributed by atoms with E-state index in [-0.39, 0.29) is 5.91 Å². The van der Waals surface area contributed by atoms with Crippen molar-refractivity contribution in [2.24, 2.45) is 7.05 Å². The van der Waals surface area contributed by atoms with Gasteiger partial charge in [-0.25, -0.2) is 0 Å². The van der Waals surface area contributed by atoms with Crippen LogP contribution in [-0.2, 0) is 11.8 Å². The number of pyridine rings is 1. The van der Waals surface area contributed by atoms with Crippen LogP contribution in [0.25, 0.3) is 11.4 Å². The molecule has 0 aliphatic carbocycles. The fraction of sp³-hybridized carbons (Fsp3) is 0.375. The van der Waals surface area contributed by atoms with Crippen molar-refractivity contribution in [2.75, 3.05) is 18.8 Å². The Morgan fingerprint density at radius 1 is 1.43 bits per heavy atom. The monoisotopic (exact) mass is 331 g/mol. The Hall–Kier alpha value is -2.15. The van der Waals surface area contributed by atoms with Crippen molar-refractivity contribution in [2.45, 2.75) is 19.0 Å². The lowest BCUT2D eigenvalue weighted by Crippen LogP contribution is -2.33. The Morgan fingerprint density at radius 3 is 2.83 bits per heavy atom. The largest absolute Gasteiger partial charge is 0.338 e. The van der Waals surface area contributed by atoms with Gasteiger partial charge in [-0.05, 0) is 26.0 Å². The van der Waals surface area contributed by atoms with Crippen molar-refractivity contribution >= 4 is 17.7 Å². The van der Waals surface area contributed by atoms with Gasteiger partial charge in [-0.1, -0.05) is 23.9 Å². The molecule has 0 N–H and O–H groups in total. The predicted molar refractivity (Wildman–Crippen MR) is 92.0 cm³/mol. The molecule has 1 amide bonds. The van der Waals surface area contributed by atoms with Crippen LogP contribution < -0.4 is 0 Å². The van der Waals surface area contributed by atoms with Crippen LogP contribution in [0.4, 0.5) is 0 Å². The molecule has 0 spiro atoms. The number of hydrogen-bond donors (Lipinski definition) is 0. The van der Waals surface area contributed by atoms with Crippen LogP contribution in [0.3, 0.4) is 0 Å². The van der Waals surface area contributed by atoms with Crippen LogP contribution in [0, 0.1) is 0 Å². The zero-order valence-corrected chi connectivity index (χ0v) is 14.5. The second-order valence-corrected chi connectivity index (χ2v) is 6.20. The van der Waals surface area contributed by atoms with E-state index in [2.05, 4.69) is 21.8 Å². The summed E-state index contributed by atoms with van der Waals surface area (Å²) < 4.78 is 1.88. The quantitative estimate of drug-likeness (QED) is 0.576. The molecule has 2 aromatic rings. The van der Waals surface area contributed by atoms with E-state index in [0.29, 0.717) is 24.0 Å². The van der Waals surface area contributed by atoms with Crippen molar-refractivity contribution in [1.82, 2.24) is 24.6 Å². The summed E-state index contributed by atoms with van der Waals surface area (Å²) >= 11 is 1.39. The van der Waals surface area contributed by atoms with Crippen LogP contribution in [0.2, 0.25) is 0 Å². The molecule has 0 saturated heterocycles. The van der Waals surface area contributed by atoms with E-state index in [4.69, 9.17) is 0 Å². The van der Waals surface area contributed by atoms with E-state index in [1.165, 1.54) is 11.8 Å². The Labute approximate surface area is 140 Å². The zero-order chi connectivity index (χ0) is 16.8. The van der Waals surface area contributed by atoms with Crippen molar-refractivity contribution in [3.8, 4) is 11.4 Å². The average Bonchev–Trinajstić information content (AvgIpc) is 2.91. The third kappa shape index (κ3) is 4.41. The maximum absolute atomic E-state index is 12.3. The molecule has 0 saturated carbocycles. The molecule has 0 aliphatic rings. The molecule has 7 heteroatoms. The number of likely N-dealkylation sites (N-methyl/N-ethyl adjacent to an activating group) is 1. The number of hydrogen-bond acceptors (Lipinski definition) is 5. The first-order chi connectivity index (χ1) is 11.0. The van der Waals surface area contributed by atoms with Crippen LogP contribution in [-0.4, -0.2) is 49.4 Å². The highest BCUT2D eigenvalue weighted by atomic mass is 32.2. The normalized spacial score (nSPS) is 10.6. The molecule has 122 valence electrons. The van der Waals surface area contributed by atoms with Gasteiger partial charge in [0.05, 0.1) is 5.75 Å². The highest BCUT2D eigenvalue weighted by Gasteiger charge is 2.16. The molecular weight excluding hydrogens is 310 g/mol. The highest BCUT2D eigenvalue weighted by molar-refractivity contribution is 7.99. The summed E-state index contributed by atoms with van der Waals surface area (Å²) in [7, 11) is 1.89. The van der Waals surface area contributed by atoms with Gasteiger partial charge < -0.3 is 9.47 Å². The summed E-state index contributed by atoms with van der Waals surface area (Å²) in [5.41, 5.74) is 1.88. The Balaban J connectivity index is 2.03. The number of aromatic nitrogens is 4. The molecule has 0 radical (unpaired) electrons. The van der Waals surface area contributed by atoms with Gasteiger partial charge >= 0.3 is 0 Å². The maximum atomic E-state index is 12.3. The Morgan fingerprint density at radius 2 is 2.22 bits per heavy atom. The molecule has 0 aliphatic heterocycles. The number of thioether (sulfide) groups is 1. The predicted octanol–water partition coefficient (Wildman–Crippen LogP) is 2.39. The van der Waals surface area contributed by atoms with Crippen LogP contribution in [0.15, 0.2) is 41.8 Å². The molecule has 0 atom stereocenters. The summed E-state index contributed by atoms with van der Waals surface area (Å²) in [5, 5.41) is 9.07. The molecule has 2 heterocycles. The second-order valence-electron chi connectivity index (χ2n) is 5.26. The smallest absolute Gasteiger partial charge is 0.233 e. The van der Waals surface area contributed by atoms with E-state index >= 15 is 0 Å². The number of carbonyl (C=O) groups excluding carboxylic acids is 1. The van der Waals surface area contributed by atoms with E-state index in [9.17, 15) is 4.79 Å². The van der Waals surface area contributed by atoms with Crippen LogP contribution >= 0.6 is 11.8 Å². The van der Waals surface area contributed by atoms with Gasteiger partial charge in [-0.2, -0.15) is 0 Å². The third-order valence-corrected chi connectivity index (χ3v) is 4.28. The van der Waals surface area contributed by atoms with Gasteiger partial charge in [-0.15, -0.1) is 10.2 Å². The molecule has 0 unspecified atom stereocenters. The third-order valence-electron chi connectivity index (χ3n) is 3.27. The molecule has 23 heavy (non-hydrogen) atoms. The highest BCUT2D eigenvalue weighted by Crippen LogP contribution is 2.22. The van der Waals surface area contributed by atoms with E-state index < -0.39 is 0 Å². The first-order valence-corrected chi connectivity index (χ1v) is 8.36. The lowest BCUT2D eigenvalue weighted by Gasteiger charge is -2.20. The van der Waals surface area contributed by atoms with Gasteiger partial charge in [-0.3, -0.25) is 9.78 Å².